The highest BCUT2D eigenvalue weighted by molar-refractivity contribution is 7.10. The molecule has 1 saturated heterocycles. The summed E-state index contributed by atoms with van der Waals surface area (Å²) in [5.41, 5.74) is 1.16. The van der Waals surface area contributed by atoms with Gasteiger partial charge in [0.05, 0.1) is 25.3 Å². The lowest BCUT2D eigenvalue weighted by Gasteiger charge is -2.25. The van der Waals surface area contributed by atoms with Crippen molar-refractivity contribution in [3.05, 3.63) is 40.3 Å². The second-order valence-corrected chi connectivity index (χ2v) is 7.26. The molecule has 23 heavy (non-hydrogen) atoms. The fourth-order valence-electron chi connectivity index (χ4n) is 3.12. The van der Waals surface area contributed by atoms with Gasteiger partial charge in [-0.3, -0.25) is 9.48 Å². The fourth-order valence-corrected chi connectivity index (χ4v) is 3.99. The van der Waals surface area contributed by atoms with E-state index in [1.165, 1.54) is 4.88 Å². The van der Waals surface area contributed by atoms with Crippen LogP contribution >= 0.6 is 11.3 Å². The van der Waals surface area contributed by atoms with Crippen LogP contribution in [0.1, 0.15) is 36.2 Å². The van der Waals surface area contributed by atoms with Crippen LogP contribution in [0.25, 0.3) is 0 Å². The second-order valence-electron chi connectivity index (χ2n) is 6.28. The van der Waals surface area contributed by atoms with Gasteiger partial charge in [0.1, 0.15) is 0 Å². The van der Waals surface area contributed by atoms with Gasteiger partial charge in [-0.15, -0.1) is 11.3 Å². The van der Waals surface area contributed by atoms with Gasteiger partial charge < -0.3 is 10.2 Å². The van der Waals surface area contributed by atoms with Gasteiger partial charge in [0.2, 0.25) is 5.91 Å². The van der Waals surface area contributed by atoms with E-state index in [1.807, 2.05) is 28.9 Å². The molecule has 1 aliphatic heterocycles. The molecule has 1 aliphatic rings. The topological polar surface area (TPSA) is 50.2 Å². The first-order valence-electron chi connectivity index (χ1n) is 8.19. The molecule has 1 fully saturated rings. The molecule has 0 radical (unpaired) electrons. The number of amides is 1. The van der Waals surface area contributed by atoms with Crippen molar-refractivity contribution in [2.75, 3.05) is 13.1 Å². The first-order valence-corrected chi connectivity index (χ1v) is 9.07. The van der Waals surface area contributed by atoms with E-state index in [9.17, 15) is 4.79 Å². The number of aromatic nitrogens is 2. The number of nitrogens with one attached hydrogen (secondary N) is 1. The van der Waals surface area contributed by atoms with Crippen LogP contribution in [-0.2, 0) is 11.3 Å². The quantitative estimate of drug-likeness (QED) is 0.884. The molecule has 3 heterocycles. The lowest BCUT2D eigenvalue weighted by molar-refractivity contribution is -0.131. The standard InChI is InChI=1S/C17H24N4OS/c1-13-9-19-20(11-13)12-14(2)18-10-17(22)21-7-3-5-15(21)16-6-4-8-23-16/h4,6,8-9,11,14-15,18H,3,5,7,10,12H2,1-2H3. The highest BCUT2D eigenvalue weighted by Gasteiger charge is 2.30. The molecule has 0 saturated carbocycles. The average molecular weight is 332 g/mol. The van der Waals surface area contributed by atoms with Gasteiger partial charge in [0.15, 0.2) is 0 Å². The summed E-state index contributed by atoms with van der Waals surface area (Å²) in [5, 5.41) is 9.71. The third kappa shape index (κ3) is 4.00. The van der Waals surface area contributed by atoms with Crippen LogP contribution in [0.2, 0.25) is 0 Å². The number of aryl methyl sites for hydroxylation is 1. The molecule has 2 unspecified atom stereocenters. The monoisotopic (exact) mass is 332 g/mol. The molecule has 0 spiro atoms. The van der Waals surface area contributed by atoms with E-state index in [2.05, 4.69) is 34.9 Å². The Morgan fingerprint density at radius 1 is 1.57 bits per heavy atom. The van der Waals surface area contributed by atoms with E-state index in [0.29, 0.717) is 6.54 Å². The van der Waals surface area contributed by atoms with Crippen molar-refractivity contribution in [2.24, 2.45) is 0 Å². The van der Waals surface area contributed by atoms with Crippen LogP contribution in [-0.4, -0.2) is 39.7 Å². The Morgan fingerprint density at radius 3 is 3.13 bits per heavy atom. The van der Waals surface area contributed by atoms with Crippen LogP contribution in [0.5, 0.6) is 0 Å². The minimum absolute atomic E-state index is 0.199. The summed E-state index contributed by atoms with van der Waals surface area (Å²) in [6, 6.07) is 4.68. The lowest BCUT2D eigenvalue weighted by Crippen LogP contribution is -2.41. The van der Waals surface area contributed by atoms with Crippen LogP contribution < -0.4 is 5.32 Å². The van der Waals surface area contributed by atoms with Crippen molar-refractivity contribution >= 4 is 17.2 Å². The normalized spacial score (nSPS) is 19.2. The number of nitrogens with zero attached hydrogens (tertiary/aromatic N) is 3. The van der Waals surface area contributed by atoms with E-state index in [4.69, 9.17) is 0 Å². The van der Waals surface area contributed by atoms with E-state index >= 15 is 0 Å². The Kier molecular flexibility index (Phi) is 5.13. The van der Waals surface area contributed by atoms with Gasteiger partial charge in [-0.2, -0.15) is 5.10 Å². The SMILES string of the molecule is Cc1cnn(CC(C)NCC(=O)N2CCCC2c2cccs2)c1. The molecule has 5 nitrogen and oxygen atoms in total. The Bertz CT molecular complexity index is 637. The summed E-state index contributed by atoms with van der Waals surface area (Å²) >= 11 is 1.74. The Balaban J connectivity index is 1.50. The van der Waals surface area contributed by atoms with Crippen molar-refractivity contribution in [2.45, 2.75) is 45.3 Å². The van der Waals surface area contributed by atoms with Crippen LogP contribution in [0.4, 0.5) is 0 Å². The summed E-state index contributed by atoms with van der Waals surface area (Å²) in [6.07, 6.45) is 6.05. The third-order valence-corrected chi connectivity index (χ3v) is 5.24. The summed E-state index contributed by atoms with van der Waals surface area (Å²) in [6.45, 7) is 6.16. The van der Waals surface area contributed by atoms with Crippen molar-refractivity contribution in [1.29, 1.82) is 0 Å². The number of hydrogen-bond donors (Lipinski definition) is 1. The molecular formula is C17H24N4OS. The zero-order chi connectivity index (χ0) is 16.2. The van der Waals surface area contributed by atoms with E-state index in [0.717, 1.165) is 31.5 Å². The van der Waals surface area contributed by atoms with Crippen molar-refractivity contribution in [1.82, 2.24) is 20.0 Å². The molecule has 3 rings (SSSR count). The molecular weight excluding hydrogens is 308 g/mol. The Hall–Kier alpha value is -1.66. The smallest absolute Gasteiger partial charge is 0.237 e. The molecule has 0 aliphatic carbocycles. The predicted octanol–water partition coefficient (Wildman–Crippen LogP) is 2.59. The molecule has 2 atom stereocenters. The largest absolute Gasteiger partial charge is 0.334 e. The number of likely N-dealkylation sites (tertiary alicyclic amines) is 1. The van der Waals surface area contributed by atoms with Gasteiger partial charge in [0, 0.05) is 23.7 Å². The number of thiophene rings is 1. The number of carbonyl (C=O) groups is 1. The maximum absolute atomic E-state index is 12.6. The molecule has 2 aromatic heterocycles. The number of rotatable bonds is 6. The van der Waals surface area contributed by atoms with Crippen LogP contribution in [0.3, 0.4) is 0 Å². The average Bonchev–Trinajstić information content (AvgIpc) is 3.25. The zero-order valence-electron chi connectivity index (χ0n) is 13.7. The highest BCUT2D eigenvalue weighted by Crippen LogP contribution is 2.34. The van der Waals surface area contributed by atoms with E-state index in [-0.39, 0.29) is 18.0 Å². The van der Waals surface area contributed by atoms with Crippen molar-refractivity contribution < 1.29 is 4.79 Å². The first-order chi connectivity index (χ1) is 11.1. The van der Waals surface area contributed by atoms with Crippen molar-refractivity contribution in [3.63, 3.8) is 0 Å². The van der Waals surface area contributed by atoms with Gasteiger partial charge in [-0.1, -0.05) is 6.07 Å². The Morgan fingerprint density at radius 2 is 2.43 bits per heavy atom. The molecule has 0 bridgehead atoms. The fraction of sp³-hybridized carbons (Fsp3) is 0.529. The minimum atomic E-state index is 0.199. The lowest BCUT2D eigenvalue weighted by atomic mass is 10.2. The van der Waals surface area contributed by atoms with Gasteiger partial charge in [-0.25, -0.2) is 0 Å². The Labute approximate surface area is 141 Å². The third-order valence-electron chi connectivity index (χ3n) is 4.27. The summed E-state index contributed by atoms with van der Waals surface area (Å²) < 4.78 is 1.92. The zero-order valence-corrected chi connectivity index (χ0v) is 14.6. The summed E-state index contributed by atoms with van der Waals surface area (Å²) in [7, 11) is 0. The molecule has 124 valence electrons. The van der Waals surface area contributed by atoms with Crippen LogP contribution in [0, 0.1) is 6.92 Å². The maximum atomic E-state index is 12.6. The summed E-state index contributed by atoms with van der Waals surface area (Å²) in [4.78, 5) is 15.9. The molecule has 1 amide bonds. The molecule has 0 aromatic carbocycles. The van der Waals surface area contributed by atoms with Crippen LogP contribution in [0.15, 0.2) is 29.9 Å². The molecule has 6 heteroatoms. The number of carbonyl (C=O) groups excluding carboxylic acids is 1. The minimum Gasteiger partial charge on any atom is -0.334 e. The second kappa shape index (κ2) is 7.27. The van der Waals surface area contributed by atoms with Crippen molar-refractivity contribution in [3.8, 4) is 0 Å². The highest BCUT2D eigenvalue weighted by atomic mass is 32.1. The van der Waals surface area contributed by atoms with Gasteiger partial charge in [0.25, 0.3) is 0 Å². The van der Waals surface area contributed by atoms with E-state index < -0.39 is 0 Å². The summed E-state index contributed by atoms with van der Waals surface area (Å²) in [5.74, 6) is 0.199. The maximum Gasteiger partial charge on any atom is 0.237 e. The molecule has 2 aromatic rings. The van der Waals surface area contributed by atoms with Gasteiger partial charge in [-0.05, 0) is 43.7 Å². The number of hydrogen-bond acceptors (Lipinski definition) is 4. The predicted molar refractivity (Wildman–Crippen MR) is 92.4 cm³/mol. The molecule has 1 N–H and O–H groups in total. The van der Waals surface area contributed by atoms with Gasteiger partial charge >= 0.3 is 0 Å². The first kappa shape index (κ1) is 16.2. The van der Waals surface area contributed by atoms with E-state index in [1.54, 1.807) is 11.3 Å².